The number of fused-ring (bicyclic) bond motifs is 1. The van der Waals surface area contributed by atoms with Crippen LogP contribution in [0.1, 0.15) is 17.3 Å². The van der Waals surface area contributed by atoms with Crippen LogP contribution in [0.4, 0.5) is 0 Å². The van der Waals surface area contributed by atoms with Crippen molar-refractivity contribution < 1.29 is 4.74 Å². The van der Waals surface area contributed by atoms with Crippen molar-refractivity contribution in [2.24, 2.45) is 4.99 Å². The summed E-state index contributed by atoms with van der Waals surface area (Å²) in [5, 5.41) is 2.05. The molecule has 0 amide bonds. The molecular weight excluding hydrogens is 449 g/mol. The van der Waals surface area contributed by atoms with Gasteiger partial charge >= 0.3 is 0 Å². The highest BCUT2D eigenvalue weighted by atomic mass is 127. The van der Waals surface area contributed by atoms with E-state index in [0.29, 0.717) is 0 Å². The third-order valence-corrected chi connectivity index (χ3v) is 5.57. The normalized spacial score (nSPS) is 15.5. The molecule has 0 saturated heterocycles. The van der Waals surface area contributed by atoms with Crippen LogP contribution in [0.15, 0.2) is 71.9 Å². The molecule has 1 aromatic heterocycles. The fraction of sp³-hybridized carbons (Fsp3) is 0.182. The number of benzene rings is 2. The van der Waals surface area contributed by atoms with E-state index in [2.05, 4.69) is 69.0 Å². The lowest BCUT2D eigenvalue weighted by atomic mass is 10.1. The SMILES string of the molecule is COc1ccccc1C1N=c2ccnc(I)c2=CN1CCc1ccccc1. The lowest BCUT2D eigenvalue weighted by Crippen LogP contribution is -2.40. The summed E-state index contributed by atoms with van der Waals surface area (Å²) < 4.78 is 6.58. The first-order valence-electron chi connectivity index (χ1n) is 8.89. The predicted molar refractivity (Wildman–Crippen MR) is 115 cm³/mol. The van der Waals surface area contributed by atoms with Crippen LogP contribution in [0, 0.1) is 3.70 Å². The molecule has 3 aromatic rings. The molecular formula is C22H20IN3O. The molecule has 0 radical (unpaired) electrons. The molecule has 1 unspecified atom stereocenters. The van der Waals surface area contributed by atoms with Crippen LogP contribution in [0.25, 0.3) is 6.20 Å². The summed E-state index contributed by atoms with van der Waals surface area (Å²) in [5.41, 5.74) is 2.39. The predicted octanol–water partition coefficient (Wildman–Crippen LogP) is 3.31. The van der Waals surface area contributed by atoms with Gasteiger partial charge in [0.05, 0.1) is 12.5 Å². The number of aromatic nitrogens is 1. The third-order valence-electron chi connectivity index (χ3n) is 4.71. The minimum Gasteiger partial charge on any atom is -0.496 e. The maximum Gasteiger partial charge on any atom is 0.151 e. The molecule has 1 atom stereocenters. The summed E-state index contributed by atoms with van der Waals surface area (Å²) in [6.45, 7) is 0.862. The molecule has 0 aliphatic carbocycles. The van der Waals surface area contributed by atoms with E-state index in [-0.39, 0.29) is 6.17 Å². The van der Waals surface area contributed by atoms with Crippen LogP contribution < -0.4 is 15.3 Å². The molecule has 136 valence electrons. The van der Waals surface area contributed by atoms with E-state index >= 15 is 0 Å². The minimum absolute atomic E-state index is 0.115. The van der Waals surface area contributed by atoms with Crippen molar-refractivity contribution in [1.29, 1.82) is 0 Å². The topological polar surface area (TPSA) is 37.7 Å². The average molecular weight is 469 g/mol. The van der Waals surface area contributed by atoms with Gasteiger partial charge in [-0.2, -0.15) is 0 Å². The van der Waals surface area contributed by atoms with Crippen LogP contribution in [-0.2, 0) is 6.42 Å². The number of rotatable bonds is 5. The van der Waals surface area contributed by atoms with Crippen molar-refractivity contribution in [2.75, 3.05) is 13.7 Å². The molecule has 0 fully saturated rings. The monoisotopic (exact) mass is 469 g/mol. The van der Waals surface area contributed by atoms with Gasteiger partial charge < -0.3 is 9.64 Å². The van der Waals surface area contributed by atoms with Gasteiger partial charge in [0.2, 0.25) is 0 Å². The molecule has 1 aliphatic rings. The molecule has 0 spiro atoms. The zero-order valence-electron chi connectivity index (χ0n) is 15.0. The Kier molecular flexibility index (Phi) is 5.38. The van der Waals surface area contributed by atoms with Crippen LogP contribution >= 0.6 is 22.6 Å². The van der Waals surface area contributed by atoms with E-state index in [1.54, 1.807) is 7.11 Å². The molecule has 2 aromatic carbocycles. The highest BCUT2D eigenvalue weighted by molar-refractivity contribution is 14.1. The fourth-order valence-corrected chi connectivity index (χ4v) is 3.91. The number of methoxy groups -OCH3 is 1. The van der Waals surface area contributed by atoms with Crippen LogP contribution in [-0.4, -0.2) is 23.5 Å². The third kappa shape index (κ3) is 3.83. The number of halogens is 1. The highest BCUT2D eigenvalue weighted by Crippen LogP contribution is 2.31. The largest absolute Gasteiger partial charge is 0.496 e. The van der Waals surface area contributed by atoms with Gasteiger partial charge in [-0.05, 0) is 46.7 Å². The number of hydrogen-bond donors (Lipinski definition) is 0. The van der Waals surface area contributed by atoms with Gasteiger partial charge in [-0.3, -0.25) is 4.99 Å². The Morgan fingerprint density at radius 3 is 2.63 bits per heavy atom. The Morgan fingerprint density at radius 1 is 1.04 bits per heavy atom. The molecule has 4 nitrogen and oxygen atoms in total. The van der Waals surface area contributed by atoms with Crippen molar-refractivity contribution in [3.05, 3.63) is 92.3 Å². The van der Waals surface area contributed by atoms with E-state index in [1.807, 2.05) is 36.5 Å². The maximum atomic E-state index is 5.61. The standard InChI is InChI=1S/C22H20IN3O/c1-27-20-10-6-5-9-17(20)22-25-19-11-13-24-21(23)18(19)15-26(22)14-12-16-7-3-2-4-8-16/h2-11,13,15,22H,12,14H2,1H3. The van der Waals surface area contributed by atoms with E-state index in [1.165, 1.54) is 5.56 Å². The summed E-state index contributed by atoms with van der Waals surface area (Å²) >= 11 is 2.28. The Morgan fingerprint density at radius 2 is 1.81 bits per heavy atom. The van der Waals surface area contributed by atoms with Crippen molar-refractivity contribution in [3.63, 3.8) is 0 Å². The molecule has 4 rings (SSSR count). The highest BCUT2D eigenvalue weighted by Gasteiger charge is 2.23. The Labute approximate surface area is 172 Å². The van der Waals surface area contributed by atoms with Gasteiger partial charge in [0.15, 0.2) is 6.17 Å². The van der Waals surface area contributed by atoms with Gasteiger partial charge in [-0.25, -0.2) is 4.98 Å². The summed E-state index contributed by atoms with van der Waals surface area (Å²) in [6.07, 6.45) is 4.84. The van der Waals surface area contributed by atoms with Gasteiger partial charge in [-0.1, -0.05) is 48.5 Å². The lowest BCUT2D eigenvalue weighted by molar-refractivity contribution is 0.298. The van der Waals surface area contributed by atoms with Gasteiger partial charge in [0.1, 0.15) is 9.45 Å². The van der Waals surface area contributed by atoms with Gasteiger partial charge in [-0.15, -0.1) is 0 Å². The second-order valence-electron chi connectivity index (χ2n) is 6.38. The number of nitrogens with zero attached hydrogens (tertiary/aromatic N) is 3. The van der Waals surface area contributed by atoms with Gasteiger partial charge in [0, 0.05) is 29.7 Å². The number of ether oxygens (including phenoxy) is 1. The Bertz CT molecular complexity index is 1050. The van der Waals surface area contributed by atoms with Crippen LogP contribution in [0.5, 0.6) is 5.75 Å². The number of para-hydroxylation sites is 1. The lowest BCUT2D eigenvalue weighted by Gasteiger charge is -2.31. The van der Waals surface area contributed by atoms with E-state index in [9.17, 15) is 0 Å². The van der Waals surface area contributed by atoms with Gasteiger partial charge in [0.25, 0.3) is 0 Å². The summed E-state index contributed by atoms with van der Waals surface area (Å²) in [7, 11) is 1.71. The summed E-state index contributed by atoms with van der Waals surface area (Å²) in [5.74, 6) is 0.858. The smallest absolute Gasteiger partial charge is 0.151 e. The zero-order valence-corrected chi connectivity index (χ0v) is 17.2. The van der Waals surface area contributed by atoms with E-state index < -0.39 is 0 Å². The number of pyridine rings is 1. The molecule has 27 heavy (non-hydrogen) atoms. The molecule has 5 heteroatoms. The second kappa shape index (κ2) is 8.08. The van der Waals surface area contributed by atoms with Crippen LogP contribution in [0.2, 0.25) is 0 Å². The first-order valence-corrected chi connectivity index (χ1v) is 9.97. The molecule has 0 bridgehead atoms. The van der Waals surface area contributed by atoms with Crippen LogP contribution in [0.3, 0.4) is 0 Å². The number of hydrogen-bond acceptors (Lipinski definition) is 4. The molecule has 1 aliphatic heterocycles. The summed E-state index contributed by atoms with van der Waals surface area (Å²) in [4.78, 5) is 11.8. The Hall–Kier alpha value is -2.41. The molecule has 0 N–H and O–H groups in total. The second-order valence-corrected chi connectivity index (χ2v) is 7.40. The Balaban J connectivity index is 1.76. The van der Waals surface area contributed by atoms with E-state index in [0.717, 1.165) is 38.6 Å². The van der Waals surface area contributed by atoms with Crippen molar-refractivity contribution in [1.82, 2.24) is 9.88 Å². The van der Waals surface area contributed by atoms with Crippen molar-refractivity contribution in [2.45, 2.75) is 12.6 Å². The maximum absolute atomic E-state index is 5.61. The zero-order chi connectivity index (χ0) is 18.6. The first kappa shape index (κ1) is 18.0. The summed E-state index contributed by atoms with van der Waals surface area (Å²) in [6, 6.07) is 20.6. The fourth-order valence-electron chi connectivity index (χ4n) is 3.33. The van der Waals surface area contributed by atoms with Crippen molar-refractivity contribution >= 4 is 28.8 Å². The van der Waals surface area contributed by atoms with Crippen molar-refractivity contribution in [3.8, 4) is 5.75 Å². The first-order chi connectivity index (χ1) is 13.3. The molecule has 0 saturated carbocycles. The molecule has 2 heterocycles. The quantitative estimate of drug-likeness (QED) is 0.425. The van der Waals surface area contributed by atoms with E-state index in [4.69, 9.17) is 9.73 Å². The minimum atomic E-state index is -0.115. The average Bonchev–Trinajstić information content (AvgIpc) is 2.73.